The van der Waals surface area contributed by atoms with Crippen LogP contribution >= 0.6 is 11.5 Å². The summed E-state index contributed by atoms with van der Waals surface area (Å²) in [5.41, 5.74) is 0. The molecule has 17 heavy (non-hydrogen) atoms. The van der Waals surface area contributed by atoms with Gasteiger partial charge in [0.25, 0.3) is 0 Å². The molecule has 7 heteroatoms. The van der Waals surface area contributed by atoms with E-state index >= 15 is 0 Å². The van der Waals surface area contributed by atoms with Crippen molar-refractivity contribution in [2.75, 3.05) is 5.32 Å². The molecule has 1 heterocycles. The van der Waals surface area contributed by atoms with E-state index in [1.165, 1.54) is 0 Å². The van der Waals surface area contributed by atoms with Crippen LogP contribution in [0.15, 0.2) is 0 Å². The van der Waals surface area contributed by atoms with Gasteiger partial charge in [0.05, 0.1) is 0 Å². The number of halogens is 3. The van der Waals surface area contributed by atoms with E-state index < -0.39 is 12.0 Å². The quantitative estimate of drug-likeness (QED) is 0.882. The van der Waals surface area contributed by atoms with Crippen LogP contribution in [0.25, 0.3) is 0 Å². The van der Waals surface area contributed by atoms with Crippen molar-refractivity contribution in [1.82, 2.24) is 9.36 Å². The van der Waals surface area contributed by atoms with Crippen molar-refractivity contribution in [1.29, 1.82) is 0 Å². The van der Waals surface area contributed by atoms with Crippen LogP contribution in [0, 0.1) is 5.92 Å². The third-order valence-corrected chi connectivity index (χ3v) is 3.43. The van der Waals surface area contributed by atoms with Crippen LogP contribution in [0.1, 0.15) is 39.4 Å². The van der Waals surface area contributed by atoms with Gasteiger partial charge in [-0.2, -0.15) is 22.5 Å². The zero-order valence-electron chi connectivity index (χ0n) is 10.0. The number of alkyl halides is 3. The standard InChI is InChI=1S/C10H16F3N3S/c1-4-7(5-2)6(3)14-9-15-8(16-17-9)10(11,12)13/h6-7H,4-5H2,1-3H3,(H,14,15,16). The molecule has 0 aliphatic rings. The fourth-order valence-electron chi connectivity index (χ4n) is 1.71. The second-order valence-corrected chi connectivity index (χ2v) is 4.68. The van der Waals surface area contributed by atoms with Crippen molar-refractivity contribution in [3.63, 3.8) is 0 Å². The Balaban J connectivity index is 2.66. The van der Waals surface area contributed by atoms with Gasteiger partial charge in [-0.1, -0.05) is 26.7 Å². The Bertz CT molecular complexity index is 347. The third-order valence-electron chi connectivity index (χ3n) is 2.79. The summed E-state index contributed by atoms with van der Waals surface area (Å²) in [5, 5.41) is 3.21. The van der Waals surface area contributed by atoms with Crippen LogP contribution in [-0.4, -0.2) is 15.4 Å². The van der Waals surface area contributed by atoms with Crippen LogP contribution in [0.5, 0.6) is 0 Å². The van der Waals surface area contributed by atoms with Crippen molar-refractivity contribution >= 4 is 16.7 Å². The monoisotopic (exact) mass is 267 g/mol. The summed E-state index contributed by atoms with van der Waals surface area (Å²) in [6.45, 7) is 6.08. The number of nitrogens with one attached hydrogen (secondary N) is 1. The van der Waals surface area contributed by atoms with E-state index in [0.29, 0.717) is 5.92 Å². The lowest BCUT2D eigenvalue weighted by Crippen LogP contribution is -2.25. The second kappa shape index (κ2) is 5.66. The lowest BCUT2D eigenvalue weighted by molar-refractivity contribution is -0.144. The molecule has 0 amide bonds. The summed E-state index contributed by atoms with van der Waals surface area (Å²) in [6, 6.07) is 0.0963. The minimum Gasteiger partial charge on any atom is -0.358 e. The Morgan fingerprint density at radius 3 is 2.29 bits per heavy atom. The Hall–Kier alpha value is -0.850. The average Bonchev–Trinajstić information content (AvgIpc) is 2.67. The van der Waals surface area contributed by atoms with E-state index in [1.807, 2.05) is 6.92 Å². The van der Waals surface area contributed by atoms with E-state index in [1.54, 1.807) is 0 Å². The highest BCUT2D eigenvalue weighted by atomic mass is 32.1. The first-order valence-electron chi connectivity index (χ1n) is 5.55. The molecular weight excluding hydrogens is 251 g/mol. The molecule has 1 aromatic heterocycles. The van der Waals surface area contributed by atoms with Crippen molar-refractivity contribution < 1.29 is 13.2 Å². The number of hydrogen-bond donors (Lipinski definition) is 1. The number of nitrogens with zero attached hydrogens (tertiary/aromatic N) is 2. The van der Waals surface area contributed by atoms with Gasteiger partial charge >= 0.3 is 6.18 Å². The molecule has 0 bridgehead atoms. The molecule has 0 spiro atoms. The Morgan fingerprint density at radius 2 is 1.88 bits per heavy atom. The van der Waals surface area contributed by atoms with Crippen LogP contribution < -0.4 is 5.32 Å². The van der Waals surface area contributed by atoms with Gasteiger partial charge in [-0.15, -0.1) is 0 Å². The largest absolute Gasteiger partial charge is 0.452 e. The molecule has 1 rings (SSSR count). The first kappa shape index (κ1) is 14.2. The summed E-state index contributed by atoms with van der Waals surface area (Å²) in [4.78, 5) is 3.44. The maximum absolute atomic E-state index is 12.3. The fourth-order valence-corrected chi connectivity index (χ4v) is 2.39. The predicted molar refractivity (Wildman–Crippen MR) is 62.1 cm³/mol. The van der Waals surface area contributed by atoms with E-state index in [0.717, 1.165) is 24.4 Å². The molecule has 1 atom stereocenters. The van der Waals surface area contributed by atoms with Gasteiger partial charge in [0.15, 0.2) is 0 Å². The zero-order valence-corrected chi connectivity index (χ0v) is 10.8. The Kier molecular flexibility index (Phi) is 4.73. The van der Waals surface area contributed by atoms with Gasteiger partial charge in [-0.05, 0) is 12.8 Å². The molecule has 0 radical (unpaired) electrons. The molecule has 0 saturated heterocycles. The van der Waals surface area contributed by atoms with E-state index in [2.05, 4.69) is 28.5 Å². The molecule has 1 N–H and O–H groups in total. The number of aromatic nitrogens is 2. The van der Waals surface area contributed by atoms with Crippen molar-refractivity contribution in [3.05, 3.63) is 5.82 Å². The van der Waals surface area contributed by atoms with Crippen molar-refractivity contribution in [2.45, 2.75) is 45.8 Å². The van der Waals surface area contributed by atoms with Crippen LogP contribution in [0.2, 0.25) is 0 Å². The molecule has 0 aromatic carbocycles. The summed E-state index contributed by atoms with van der Waals surface area (Å²) >= 11 is 0.751. The number of anilines is 1. The minimum absolute atomic E-state index is 0.0963. The maximum atomic E-state index is 12.3. The van der Waals surface area contributed by atoms with Crippen LogP contribution in [-0.2, 0) is 6.18 Å². The molecule has 0 fully saturated rings. The molecular formula is C10H16F3N3S. The van der Waals surface area contributed by atoms with Gasteiger partial charge in [-0.25, -0.2) is 0 Å². The van der Waals surface area contributed by atoms with Crippen molar-refractivity contribution in [3.8, 4) is 0 Å². The van der Waals surface area contributed by atoms with Crippen molar-refractivity contribution in [2.24, 2.45) is 5.92 Å². The van der Waals surface area contributed by atoms with Gasteiger partial charge < -0.3 is 5.32 Å². The molecule has 0 saturated carbocycles. The predicted octanol–water partition coefficient (Wildman–Crippen LogP) is 3.79. The zero-order chi connectivity index (χ0) is 13.1. The summed E-state index contributed by atoms with van der Waals surface area (Å²) in [5.74, 6) is -0.644. The highest BCUT2D eigenvalue weighted by Crippen LogP contribution is 2.29. The lowest BCUT2D eigenvalue weighted by Gasteiger charge is -2.21. The SMILES string of the molecule is CCC(CC)C(C)Nc1nc(C(F)(F)F)ns1. The fraction of sp³-hybridized carbons (Fsp3) is 0.800. The summed E-state index contributed by atoms with van der Waals surface area (Å²) in [6.07, 6.45) is -2.50. The number of hydrogen-bond acceptors (Lipinski definition) is 4. The van der Waals surface area contributed by atoms with E-state index in [9.17, 15) is 13.2 Å². The highest BCUT2D eigenvalue weighted by Gasteiger charge is 2.36. The average molecular weight is 267 g/mol. The molecule has 0 aliphatic carbocycles. The Morgan fingerprint density at radius 1 is 1.29 bits per heavy atom. The topological polar surface area (TPSA) is 37.8 Å². The van der Waals surface area contributed by atoms with Crippen LogP contribution in [0.4, 0.5) is 18.3 Å². The molecule has 1 aromatic rings. The van der Waals surface area contributed by atoms with Crippen LogP contribution in [0.3, 0.4) is 0 Å². The van der Waals surface area contributed by atoms with Gasteiger partial charge in [0.1, 0.15) is 0 Å². The molecule has 98 valence electrons. The molecule has 3 nitrogen and oxygen atoms in total. The van der Waals surface area contributed by atoms with E-state index in [-0.39, 0.29) is 11.2 Å². The van der Waals surface area contributed by atoms with Gasteiger partial charge in [0, 0.05) is 17.6 Å². The minimum atomic E-state index is -4.46. The maximum Gasteiger partial charge on any atom is 0.452 e. The lowest BCUT2D eigenvalue weighted by atomic mass is 9.96. The summed E-state index contributed by atoms with van der Waals surface area (Å²) in [7, 11) is 0. The van der Waals surface area contributed by atoms with Gasteiger partial charge in [-0.3, -0.25) is 0 Å². The third kappa shape index (κ3) is 3.83. The second-order valence-electron chi connectivity index (χ2n) is 3.93. The van der Waals surface area contributed by atoms with E-state index in [4.69, 9.17) is 0 Å². The first-order valence-corrected chi connectivity index (χ1v) is 6.33. The first-order chi connectivity index (χ1) is 7.88. The molecule has 0 aliphatic heterocycles. The molecule has 1 unspecified atom stereocenters. The number of rotatable bonds is 5. The van der Waals surface area contributed by atoms with Gasteiger partial charge in [0.2, 0.25) is 11.0 Å². The highest BCUT2D eigenvalue weighted by molar-refractivity contribution is 7.09. The Labute approximate surface area is 103 Å². The smallest absolute Gasteiger partial charge is 0.358 e. The normalized spacial score (nSPS) is 14.1. The summed E-state index contributed by atoms with van der Waals surface area (Å²) < 4.78 is 40.1.